The predicted octanol–water partition coefficient (Wildman–Crippen LogP) is 2.63. The van der Waals surface area contributed by atoms with E-state index in [2.05, 4.69) is 55.0 Å². The zero-order chi connectivity index (χ0) is 16.0. The number of aromatic nitrogens is 2. The van der Waals surface area contributed by atoms with Gasteiger partial charge in [-0.25, -0.2) is 15.0 Å². The third kappa shape index (κ3) is 2.74. The van der Waals surface area contributed by atoms with Crippen LogP contribution < -0.4 is 5.32 Å². The molecule has 0 aromatic carbocycles. The van der Waals surface area contributed by atoms with Gasteiger partial charge in [-0.05, 0) is 47.8 Å². The number of hydrogen-bond donors (Lipinski definition) is 1. The number of piperidine rings is 3. The molecule has 124 valence electrons. The van der Waals surface area contributed by atoms with E-state index in [9.17, 15) is 0 Å². The first kappa shape index (κ1) is 15.3. The van der Waals surface area contributed by atoms with Crippen molar-refractivity contribution in [2.45, 2.75) is 38.2 Å². The van der Waals surface area contributed by atoms with Crippen molar-refractivity contribution in [3.8, 4) is 0 Å². The van der Waals surface area contributed by atoms with Crippen LogP contribution in [-0.4, -0.2) is 52.7 Å². The minimum Gasteiger partial charge on any atom is -0.455 e. The Kier molecular flexibility index (Phi) is 3.80. The second-order valence-corrected chi connectivity index (χ2v) is 7.90. The number of fused-ring (bicyclic) bond motifs is 2. The van der Waals surface area contributed by atoms with Crippen molar-refractivity contribution < 1.29 is 4.74 Å². The smallest absolute Gasteiger partial charge is 0.292 e. The number of halogens is 1. The van der Waals surface area contributed by atoms with Crippen LogP contribution in [0, 0.1) is 5.92 Å². The molecule has 7 heteroatoms. The molecule has 3 fully saturated rings. The van der Waals surface area contributed by atoms with Gasteiger partial charge in [0.25, 0.3) is 6.02 Å². The zero-order valence-electron chi connectivity index (χ0n) is 13.5. The van der Waals surface area contributed by atoms with Gasteiger partial charge in [-0.3, -0.25) is 10.2 Å². The van der Waals surface area contributed by atoms with Gasteiger partial charge in [0.15, 0.2) is 0 Å². The average Bonchev–Trinajstić information content (AvgIpc) is 2.92. The largest absolute Gasteiger partial charge is 0.455 e. The summed E-state index contributed by atoms with van der Waals surface area (Å²) >= 11 is 3.50. The van der Waals surface area contributed by atoms with E-state index in [1.165, 1.54) is 25.9 Å². The van der Waals surface area contributed by atoms with Crippen molar-refractivity contribution in [2.75, 3.05) is 31.5 Å². The standard InChI is InChI=1S/C16H22BrN5O/c1-10(2)13-12(17)7-18-14(20-13)21-15-19-8-16(23-15)9-22-5-3-11(16)4-6-22/h7,10-11H,3-6,8-9H2,1-2H3,(H,18,19,20,21). The lowest BCUT2D eigenvalue weighted by molar-refractivity contribution is -0.0829. The van der Waals surface area contributed by atoms with E-state index < -0.39 is 0 Å². The lowest BCUT2D eigenvalue weighted by atomic mass is 9.75. The van der Waals surface area contributed by atoms with Gasteiger partial charge in [0, 0.05) is 18.7 Å². The summed E-state index contributed by atoms with van der Waals surface area (Å²) in [5.74, 6) is 1.49. The fourth-order valence-electron chi connectivity index (χ4n) is 3.89. The lowest BCUT2D eigenvalue weighted by Gasteiger charge is -2.50. The molecule has 6 nitrogen and oxygen atoms in total. The molecule has 1 aromatic rings. The van der Waals surface area contributed by atoms with Crippen LogP contribution in [-0.2, 0) is 4.74 Å². The number of anilines is 1. The minimum absolute atomic E-state index is 0.130. The molecule has 4 aliphatic rings. The van der Waals surface area contributed by atoms with E-state index in [-0.39, 0.29) is 5.60 Å². The Morgan fingerprint density at radius 1 is 1.39 bits per heavy atom. The molecule has 4 aliphatic heterocycles. The van der Waals surface area contributed by atoms with Crippen LogP contribution in [0.25, 0.3) is 0 Å². The summed E-state index contributed by atoms with van der Waals surface area (Å²) in [5.41, 5.74) is 0.855. The van der Waals surface area contributed by atoms with Crippen molar-refractivity contribution in [3.63, 3.8) is 0 Å². The van der Waals surface area contributed by atoms with Crippen LogP contribution in [0.4, 0.5) is 5.95 Å². The molecule has 5 rings (SSSR count). The van der Waals surface area contributed by atoms with Crippen LogP contribution in [0.5, 0.6) is 0 Å². The summed E-state index contributed by atoms with van der Waals surface area (Å²) < 4.78 is 7.20. The van der Waals surface area contributed by atoms with Crippen LogP contribution >= 0.6 is 15.9 Å². The van der Waals surface area contributed by atoms with E-state index in [1.54, 1.807) is 6.20 Å². The SMILES string of the molecule is CC(C)c1nc(NC2=NCC3(CN4CCC3CC4)O2)ncc1Br. The number of rotatable bonds is 2. The molecule has 1 N–H and O–H groups in total. The number of ether oxygens (including phenoxy) is 1. The summed E-state index contributed by atoms with van der Waals surface area (Å²) in [5, 5.41) is 3.16. The van der Waals surface area contributed by atoms with Crippen LogP contribution in [0.1, 0.15) is 38.3 Å². The molecule has 2 bridgehead atoms. The Hall–Kier alpha value is -1.21. The number of nitrogens with one attached hydrogen (secondary N) is 1. The van der Waals surface area contributed by atoms with Crippen molar-refractivity contribution in [1.82, 2.24) is 14.9 Å². The summed E-state index contributed by atoms with van der Waals surface area (Å²) in [7, 11) is 0. The average molecular weight is 380 g/mol. The molecule has 1 unspecified atom stereocenters. The molecule has 1 atom stereocenters. The van der Waals surface area contributed by atoms with E-state index in [4.69, 9.17) is 4.74 Å². The third-order valence-electron chi connectivity index (χ3n) is 5.15. The Balaban J connectivity index is 1.48. The maximum atomic E-state index is 6.26. The maximum Gasteiger partial charge on any atom is 0.292 e. The molecule has 5 heterocycles. The second-order valence-electron chi connectivity index (χ2n) is 7.05. The van der Waals surface area contributed by atoms with Crippen molar-refractivity contribution >= 4 is 27.9 Å². The number of hydrogen-bond acceptors (Lipinski definition) is 6. The fourth-order valence-corrected chi connectivity index (χ4v) is 4.54. The normalized spacial score (nSPS) is 32.3. The van der Waals surface area contributed by atoms with Crippen LogP contribution in [0.15, 0.2) is 15.7 Å². The highest BCUT2D eigenvalue weighted by Crippen LogP contribution is 2.40. The monoisotopic (exact) mass is 379 g/mol. The van der Waals surface area contributed by atoms with E-state index in [1.807, 2.05) is 0 Å². The van der Waals surface area contributed by atoms with Crippen molar-refractivity contribution in [3.05, 3.63) is 16.4 Å². The third-order valence-corrected chi connectivity index (χ3v) is 5.76. The van der Waals surface area contributed by atoms with Gasteiger partial charge in [-0.2, -0.15) is 0 Å². The first-order chi connectivity index (χ1) is 11.1. The number of nitrogens with zero attached hydrogens (tertiary/aromatic N) is 4. The highest BCUT2D eigenvalue weighted by Gasteiger charge is 2.51. The van der Waals surface area contributed by atoms with Gasteiger partial charge in [-0.15, -0.1) is 0 Å². The highest BCUT2D eigenvalue weighted by atomic mass is 79.9. The van der Waals surface area contributed by atoms with Crippen molar-refractivity contribution in [2.24, 2.45) is 10.9 Å². The summed E-state index contributed by atoms with van der Waals surface area (Å²) in [6.45, 7) is 8.36. The summed E-state index contributed by atoms with van der Waals surface area (Å²) in [6, 6.07) is 0.566. The Labute approximate surface area is 144 Å². The van der Waals surface area contributed by atoms with E-state index in [0.717, 1.165) is 23.3 Å². The van der Waals surface area contributed by atoms with Crippen molar-refractivity contribution in [1.29, 1.82) is 0 Å². The second kappa shape index (κ2) is 5.70. The minimum atomic E-state index is -0.130. The van der Waals surface area contributed by atoms with Gasteiger partial charge in [0.05, 0.1) is 16.7 Å². The number of amidine groups is 1. The molecule has 1 spiro atoms. The van der Waals surface area contributed by atoms with Crippen LogP contribution in [0.2, 0.25) is 0 Å². The quantitative estimate of drug-likeness (QED) is 0.855. The molecular weight excluding hydrogens is 358 g/mol. The Morgan fingerprint density at radius 2 is 2.17 bits per heavy atom. The number of aliphatic imine (C=N–C) groups is 1. The highest BCUT2D eigenvalue weighted by molar-refractivity contribution is 9.10. The van der Waals surface area contributed by atoms with E-state index in [0.29, 0.717) is 23.8 Å². The van der Waals surface area contributed by atoms with Gasteiger partial charge in [0.1, 0.15) is 5.60 Å². The lowest BCUT2D eigenvalue weighted by Crippen LogP contribution is -2.61. The molecule has 23 heavy (non-hydrogen) atoms. The molecular formula is C16H22BrN5O. The topological polar surface area (TPSA) is 62.6 Å². The molecule has 3 saturated heterocycles. The zero-order valence-corrected chi connectivity index (χ0v) is 15.1. The fraction of sp³-hybridized carbons (Fsp3) is 0.688. The summed E-state index contributed by atoms with van der Waals surface area (Å²) in [4.78, 5) is 16.0. The van der Waals surface area contributed by atoms with Gasteiger partial charge in [-0.1, -0.05) is 13.8 Å². The molecule has 0 saturated carbocycles. The maximum absolute atomic E-state index is 6.26. The molecule has 0 amide bonds. The molecule has 0 radical (unpaired) electrons. The predicted molar refractivity (Wildman–Crippen MR) is 92.7 cm³/mol. The van der Waals surface area contributed by atoms with E-state index >= 15 is 0 Å². The van der Waals surface area contributed by atoms with Gasteiger partial charge >= 0.3 is 0 Å². The van der Waals surface area contributed by atoms with Gasteiger partial charge in [0.2, 0.25) is 5.95 Å². The molecule has 1 aromatic heterocycles. The summed E-state index contributed by atoms with van der Waals surface area (Å²) in [6.07, 6.45) is 4.22. The van der Waals surface area contributed by atoms with Gasteiger partial charge < -0.3 is 4.74 Å². The Bertz CT molecular complexity index is 641. The first-order valence-electron chi connectivity index (χ1n) is 8.31. The first-order valence-corrected chi connectivity index (χ1v) is 9.10. The van der Waals surface area contributed by atoms with Crippen LogP contribution in [0.3, 0.4) is 0 Å². The molecule has 0 aliphatic carbocycles. The Morgan fingerprint density at radius 3 is 2.83 bits per heavy atom.